The molecule has 0 fully saturated rings. The van der Waals surface area contributed by atoms with Crippen LogP contribution in [0.5, 0.6) is 11.5 Å². The molecule has 1 aromatic carbocycles. The van der Waals surface area contributed by atoms with Crippen molar-refractivity contribution in [2.75, 3.05) is 32.2 Å². The minimum Gasteiger partial charge on any atom is -0.493 e. The highest BCUT2D eigenvalue weighted by molar-refractivity contribution is 7.51. The number of nitrogens with one attached hydrogen (secondary N) is 1. The van der Waals surface area contributed by atoms with Crippen molar-refractivity contribution in [1.29, 1.82) is 0 Å². The lowest BCUT2D eigenvalue weighted by atomic mass is 10.1. The van der Waals surface area contributed by atoms with Crippen LogP contribution in [0.15, 0.2) is 12.1 Å². The van der Waals surface area contributed by atoms with E-state index in [4.69, 9.17) is 25.0 Å². The Morgan fingerprint density at radius 2 is 1.81 bits per heavy atom. The van der Waals surface area contributed by atoms with Crippen LogP contribution < -0.4 is 20.5 Å². The van der Waals surface area contributed by atoms with E-state index >= 15 is 0 Å². The summed E-state index contributed by atoms with van der Waals surface area (Å²) in [5.41, 5.74) is 7.60. The van der Waals surface area contributed by atoms with Crippen molar-refractivity contribution in [2.24, 2.45) is 0 Å². The molecule has 1 rings (SSSR count). The molecule has 8 heteroatoms. The van der Waals surface area contributed by atoms with E-state index in [9.17, 15) is 4.57 Å². The number of hydrogen-bond acceptors (Lipinski definition) is 5. The van der Waals surface area contributed by atoms with Gasteiger partial charge in [-0.2, -0.15) is 0 Å². The first kappa shape index (κ1) is 23.8. The maximum atomic E-state index is 10.8. The Balaban J connectivity index is 2.44. The fourth-order valence-electron chi connectivity index (χ4n) is 2.79. The van der Waals surface area contributed by atoms with Crippen molar-refractivity contribution in [3.63, 3.8) is 0 Å². The summed E-state index contributed by atoms with van der Waals surface area (Å²) in [6, 6.07) is 3.72. The van der Waals surface area contributed by atoms with Crippen LogP contribution in [0.4, 0.5) is 5.69 Å². The molecule has 1 aromatic rings. The second kappa shape index (κ2) is 13.0. The van der Waals surface area contributed by atoms with Crippen LogP contribution >= 0.6 is 7.60 Å². The molecule has 0 aliphatic rings. The van der Waals surface area contributed by atoms with Gasteiger partial charge in [0.05, 0.1) is 25.6 Å². The molecule has 0 unspecified atom stereocenters. The molecule has 27 heavy (non-hydrogen) atoms. The number of benzene rings is 1. The van der Waals surface area contributed by atoms with Gasteiger partial charge in [-0.25, -0.2) is 0 Å². The summed E-state index contributed by atoms with van der Waals surface area (Å²) in [4.78, 5) is 17.7. The summed E-state index contributed by atoms with van der Waals surface area (Å²) < 4.78 is 22.1. The quantitative estimate of drug-likeness (QED) is 0.201. The number of rotatable bonds is 15. The zero-order valence-electron chi connectivity index (χ0n) is 16.6. The zero-order valence-corrected chi connectivity index (χ0v) is 17.5. The third-order valence-electron chi connectivity index (χ3n) is 4.24. The zero-order chi connectivity index (χ0) is 20.1. The highest BCUT2D eigenvalue weighted by atomic mass is 31.2. The van der Waals surface area contributed by atoms with Gasteiger partial charge in [0.2, 0.25) is 0 Å². The molecule has 0 saturated heterocycles. The van der Waals surface area contributed by atoms with Gasteiger partial charge in [-0.15, -0.1) is 0 Å². The molecular formula is C19H35N2O5P. The highest BCUT2D eigenvalue weighted by Crippen LogP contribution is 2.36. The van der Waals surface area contributed by atoms with Crippen molar-refractivity contribution in [3.8, 4) is 11.5 Å². The van der Waals surface area contributed by atoms with Gasteiger partial charge in [0.25, 0.3) is 0 Å². The van der Waals surface area contributed by atoms with Gasteiger partial charge in [-0.3, -0.25) is 4.57 Å². The number of ether oxygens (including phenoxy) is 2. The average molecular weight is 402 g/mol. The van der Waals surface area contributed by atoms with Gasteiger partial charge in [-0.1, -0.05) is 39.0 Å². The largest absolute Gasteiger partial charge is 0.493 e. The normalized spacial score (nSPS) is 11.6. The summed E-state index contributed by atoms with van der Waals surface area (Å²) in [6.07, 6.45) is 7.49. The average Bonchev–Trinajstić information content (AvgIpc) is 2.60. The molecule has 7 nitrogen and oxygen atoms in total. The van der Waals surface area contributed by atoms with Crippen LogP contribution in [0.25, 0.3) is 0 Å². The molecule has 156 valence electrons. The smallest absolute Gasteiger partial charge is 0.325 e. The SMILES string of the molecule is CCCCCCCCOc1c(N)cc(CNCCCP(=O)(O)O)cc1OC. The Kier molecular flexibility index (Phi) is 11.4. The molecule has 0 aliphatic carbocycles. The summed E-state index contributed by atoms with van der Waals surface area (Å²) in [7, 11) is -2.34. The fourth-order valence-corrected chi connectivity index (χ4v) is 3.36. The van der Waals surface area contributed by atoms with Gasteiger partial charge in [0.15, 0.2) is 11.5 Å². The standard InChI is InChI=1S/C19H35N2O5P/c1-3-4-5-6-7-8-11-26-19-17(20)13-16(14-18(19)25-2)15-21-10-9-12-27(22,23)24/h13-14,21H,3-12,15,20H2,1-2H3,(H2,22,23,24). The first-order valence-electron chi connectivity index (χ1n) is 9.72. The van der Waals surface area contributed by atoms with E-state index in [1.165, 1.54) is 25.7 Å². The maximum absolute atomic E-state index is 10.8. The van der Waals surface area contributed by atoms with E-state index < -0.39 is 7.60 Å². The number of hydrogen-bond donors (Lipinski definition) is 4. The highest BCUT2D eigenvalue weighted by Gasteiger charge is 2.13. The van der Waals surface area contributed by atoms with Crippen LogP contribution in [-0.4, -0.2) is 36.2 Å². The molecule has 0 aromatic heterocycles. The molecular weight excluding hydrogens is 367 g/mol. The first-order valence-corrected chi connectivity index (χ1v) is 11.5. The summed E-state index contributed by atoms with van der Waals surface area (Å²) >= 11 is 0. The van der Waals surface area contributed by atoms with Crippen LogP contribution in [0.3, 0.4) is 0 Å². The Morgan fingerprint density at radius 1 is 1.11 bits per heavy atom. The third kappa shape index (κ3) is 10.6. The lowest BCUT2D eigenvalue weighted by Gasteiger charge is -2.15. The van der Waals surface area contributed by atoms with E-state index in [1.807, 2.05) is 12.1 Å². The Morgan fingerprint density at radius 3 is 2.48 bits per heavy atom. The molecule has 0 atom stereocenters. The van der Waals surface area contributed by atoms with Gasteiger partial charge >= 0.3 is 7.60 Å². The van der Waals surface area contributed by atoms with Crippen LogP contribution in [-0.2, 0) is 11.1 Å². The molecule has 0 amide bonds. The van der Waals surface area contributed by atoms with Crippen molar-refractivity contribution >= 4 is 13.3 Å². The van der Waals surface area contributed by atoms with Crippen molar-refractivity contribution in [1.82, 2.24) is 5.32 Å². The van der Waals surface area contributed by atoms with E-state index in [2.05, 4.69) is 12.2 Å². The third-order valence-corrected chi connectivity index (χ3v) is 5.14. The number of anilines is 1. The maximum Gasteiger partial charge on any atom is 0.325 e. The molecule has 5 N–H and O–H groups in total. The van der Waals surface area contributed by atoms with E-state index in [1.54, 1.807) is 7.11 Å². The molecule has 0 saturated carbocycles. The van der Waals surface area contributed by atoms with E-state index in [0.717, 1.165) is 18.4 Å². The summed E-state index contributed by atoms with van der Waals surface area (Å²) in [6.45, 7) is 3.88. The van der Waals surface area contributed by atoms with Gasteiger partial charge in [-0.05, 0) is 37.1 Å². The van der Waals surface area contributed by atoms with E-state index in [0.29, 0.717) is 43.3 Å². The molecule has 0 radical (unpaired) electrons. The second-order valence-corrected chi connectivity index (χ2v) is 8.53. The number of methoxy groups -OCH3 is 1. The predicted molar refractivity (Wildman–Crippen MR) is 110 cm³/mol. The summed E-state index contributed by atoms with van der Waals surface area (Å²) in [5, 5.41) is 3.15. The summed E-state index contributed by atoms with van der Waals surface area (Å²) in [5.74, 6) is 1.18. The van der Waals surface area contributed by atoms with Gasteiger partial charge in [0.1, 0.15) is 0 Å². The lowest BCUT2D eigenvalue weighted by Crippen LogP contribution is -2.16. The number of nitrogens with two attached hydrogens (primary N) is 1. The fraction of sp³-hybridized carbons (Fsp3) is 0.684. The monoisotopic (exact) mass is 402 g/mol. The first-order chi connectivity index (χ1) is 12.9. The Bertz CT molecular complexity index is 592. The topological polar surface area (TPSA) is 114 Å². The molecule has 0 bridgehead atoms. The Labute approximate surface area is 162 Å². The number of unbranched alkanes of at least 4 members (excludes halogenated alkanes) is 5. The van der Waals surface area contributed by atoms with Crippen molar-refractivity contribution < 1.29 is 23.8 Å². The molecule has 0 aliphatic heterocycles. The Hall–Kier alpha value is -1.27. The molecule has 0 heterocycles. The number of nitrogen functional groups attached to an aromatic ring is 1. The van der Waals surface area contributed by atoms with Gasteiger partial charge < -0.3 is 30.3 Å². The second-order valence-electron chi connectivity index (χ2n) is 6.75. The lowest BCUT2D eigenvalue weighted by molar-refractivity contribution is 0.286. The van der Waals surface area contributed by atoms with Crippen molar-refractivity contribution in [2.45, 2.75) is 58.4 Å². The predicted octanol–water partition coefficient (Wildman–Crippen LogP) is 3.67. The minimum atomic E-state index is -3.92. The van der Waals surface area contributed by atoms with Crippen LogP contribution in [0.1, 0.15) is 57.4 Å². The van der Waals surface area contributed by atoms with Gasteiger partial charge in [0, 0.05) is 6.54 Å². The van der Waals surface area contributed by atoms with Crippen LogP contribution in [0.2, 0.25) is 0 Å². The van der Waals surface area contributed by atoms with E-state index in [-0.39, 0.29) is 6.16 Å². The van der Waals surface area contributed by atoms with Crippen molar-refractivity contribution in [3.05, 3.63) is 17.7 Å². The molecule has 0 spiro atoms. The minimum absolute atomic E-state index is 0.114. The van der Waals surface area contributed by atoms with Crippen LogP contribution in [0, 0.1) is 0 Å².